The highest BCUT2D eigenvalue weighted by atomic mass is 79.9. The van der Waals surface area contributed by atoms with Gasteiger partial charge >= 0.3 is 6.09 Å². The molecule has 3 rings (SSSR count). The highest BCUT2D eigenvalue weighted by Gasteiger charge is 2.30. The highest BCUT2D eigenvalue weighted by Crippen LogP contribution is 2.43. The van der Waals surface area contributed by atoms with E-state index in [0.717, 1.165) is 27.6 Å². The van der Waals surface area contributed by atoms with Crippen molar-refractivity contribution in [3.8, 4) is 22.6 Å². The lowest BCUT2D eigenvalue weighted by Crippen LogP contribution is -2.44. The SMILES string of the molecule is CC(C)CC(C)N(Oc1cc2c(cc1Br)-c1ccncc1CO2)C(=O)OC(C)(C)C. The molecule has 1 aliphatic heterocycles. The summed E-state index contributed by atoms with van der Waals surface area (Å²) < 4.78 is 12.2. The third-order valence-electron chi connectivity index (χ3n) is 4.59. The quantitative estimate of drug-likeness (QED) is 0.469. The standard InChI is InChI=1S/C23H29BrN2O4/c1-14(2)9-15(3)26(22(27)29-23(4,5)6)30-21-11-20-18(10-19(21)24)17-7-8-25-12-16(17)13-28-20/h7-8,10-12,14-15H,9,13H2,1-6H3. The maximum absolute atomic E-state index is 12.9. The van der Waals surface area contributed by atoms with E-state index in [1.807, 2.05) is 52.1 Å². The Kier molecular flexibility index (Phi) is 6.60. The van der Waals surface area contributed by atoms with Gasteiger partial charge in [-0.1, -0.05) is 13.8 Å². The van der Waals surface area contributed by atoms with E-state index in [-0.39, 0.29) is 6.04 Å². The summed E-state index contributed by atoms with van der Waals surface area (Å²) >= 11 is 3.59. The van der Waals surface area contributed by atoms with Crippen molar-refractivity contribution < 1.29 is 19.1 Å². The summed E-state index contributed by atoms with van der Waals surface area (Å²) in [5.41, 5.74) is 2.45. The van der Waals surface area contributed by atoms with Gasteiger partial charge in [-0.3, -0.25) is 4.98 Å². The van der Waals surface area contributed by atoms with Gasteiger partial charge in [0.1, 0.15) is 18.0 Å². The van der Waals surface area contributed by atoms with Crippen LogP contribution < -0.4 is 9.57 Å². The third kappa shape index (κ3) is 5.25. The van der Waals surface area contributed by atoms with E-state index in [2.05, 4.69) is 34.8 Å². The lowest BCUT2D eigenvalue weighted by molar-refractivity contribution is -0.0971. The van der Waals surface area contributed by atoms with Gasteiger partial charge in [-0.2, -0.15) is 0 Å². The van der Waals surface area contributed by atoms with E-state index >= 15 is 0 Å². The average Bonchev–Trinajstić information content (AvgIpc) is 2.64. The van der Waals surface area contributed by atoms with Crippen LogP contribution in [0.2, 0.25) is 0 Å². The molecule has 0 bridgehead atoms. The topological polar surface area (TPSA) is 60.9 Å². The van der Waals surface area contributed by atoms with Crippen molar-refractivity contribution in [1.29, 1.82) is 0 Å². The normalized spacial score (nSPS) is 13.7. The first-order valence-corrected chi connectivity index (χ1v) is 10.9. The lowest BCUT2D eigenvalue weighted by Gasteiger charge is -2.32. The number of hydrogen-bond donors (Lipinski definition) is 0. The van der Waals surface area contributed by atoms with E-state index in [4.69, 9.17) is 14.3 Å². The fourth-order valence-corrected chi connectivity index (χ4v) is 3.81. The van der Waals surface area contributed by atoms with Gasteiger partial charge in [0.15, 0.2) is 5.75 Å². The first kappa shape index (κ1) is 22.4. The Morgan fingerprint density at radius 1 is 1.27 bits per heavy atom. The van der Waals surface area contributed by atoms with Gasteiger partial charge in [0.05, 0.1) is 10.5 Å². The predicted octanol–water partition coefficient (Wildman–Crippen LogP) is 6.37. The number of hydroxylamine groups is 2. The van der Waals surface area contributed by atoms with Gasteiger partial charge in [0.25, 0.3) is 0 Å². The van der Waals surface area contributed by atoms with E-state index in [1.165, 1.54) is 5.06 Å². The number of fused-ring (bicyclic) bond motifs is 3. The molecular weight excluding hydrogens is 448 g/mol. The number of ether oxygens (including phenoxy) is 2. The van der Waals surface area contributed by atoms with E-state index in [0.29, 0.717) is 24.0 Å². The molecule has 1 atom stereocenters. The molecule has 1 aromatic carbocycles. The molecule has 162 valence electrons. The number of carbonyl (C=O) groups is 1. The Bertz CT molecular complexity index is 924. The first-order valence-electron chi connectivity index (χ1n) is 10.1. The Hall–Kier alpha value is -2.28. The number of benzene rings is 1. The van der Waals surface area contributed by atoms with Crippen molar-refractivity contribution >= 4 is 22.0 Å². The molecule has 1 amide bonds. The summed E-state index contributed by atoms with van der Waals surface area (Å²) in [7, 11) is 0. The fourth-order valence-electron chi connectivity index (χ4n) is 3.39. The summed E-state index contributed by atoms with van der Waals surface area (Å²) in [5, 5.41) is 1.32. The van der Waals surface area contributed by atoms with Crippen LogP contribution in [0.1, 0.15) is 53.5 Å². The Labute approximate surface area is 186 Å². The second-order valence-electron chi connectivity index (χ2n) is 8.98. The molecule has 1 aliphatic rings. The molecule has 0 fully saturated rings. The Morgan fingerprint density at radius 3 is 2.67 bits per heavy atom. The molecule has 0 N–H and O–H groups in total. The van der Waals surface area contributed by atoms with E-state index in [9.17, 15) is 4.79 Å². The zero-order valence-electron chi connectivity index (χ0n) is 18.4. The minimum atomic E-state index is -0.621. The average molecular weight is 477 g/mol. The molecule has 0 radical (unpaired) electrons. The number of pyridine rings is 1. The van der Waals surface area contributed by atoms with Crippen molar-refractivity contribution in [1.82, 2.24) is 10.0 Å². The van der Waals surface area contributed by atoms with Gasteiger partial charge in [0.2, 0.25) is 0 Å². The zero-order valence-corrected chi connectivity index (χ0v) is 19.9. The minimum Gasteiger partial charge on any atom is -0.488 e. The van der Waals surface area contributed by atoms with E-state index in [1.54, 1.807) is 6.20 Å². The number of aromatic nitrogens is 1. The van der Waals surface area contributed by atoms with Gasteiger partial charge < -0.3 is 14.3 Å². The number of carbonyl (C=O) groups excluding carboxylic acids is 1. The van der Waals surface area contributed by atoms with Crippen molar-refractivity contribution in [3.63, 3.8) is 0 Å². The number of amides is 1. The molecule has 7 heteroatoms. The summed E-state index contributed by atoms with van der Waals surface area (Å²) in [5.74, 6) is 1.59. The van der Waals surface area contributed by atoms with Gasteiger partial charge in [0, 0.05) is 29.6 Å². The van der Waals surface area contributed by atoms with Crippen LogP contribution in [0.5, 0.6) is 11.5 Å². The summed E-state index contributed by atoms with van der Waals surface area (Å²) in [6, 6.07) is 5.56. The Morgan fingerprint density at radius 2 is 2.00 bits per heavy atom. The van der Waals surface area contributed by atoms with E-state index < -0.39 is 11.7 Å². The molecule has 30 heavy (non-hydrogen) atoms. The summed E-state index contributed by atoms with van der Waals surface area (Å²) in [4.78, 5) is 23.1. The lowest BCUT2D eigenvalue weighted by atomic mass is 9.99. The third-order valence-corrected chi connectivity index (χ3v) is 5.21. The maximum atomic E-state index is 12.9. The van der Waals surface area contributed by atoms with Crippen LogP contribution in [0.3, 0.4) is 0 Å². The molecule has 0 spiro atoms. The molecule has 0 aliphatic carbocycles. The van der Waals surface area contributed by atoms with Crippen molar-refractivity contribution in [2.75, 3.05) is 0 Å². The van der Waals surface area contributed by atoms with Gasteiger partial charge in [-0.05, 0) is 73.7 Å². The number of halogens is 1. The molecule has 0 saturated carbocycles. The molecule has 1 aromatic heterocycles. The second kappa shape index (κ2) is 8.84. The van der Waals surface area contributed by atoms with Gasteiger partial charge in [-0.25, -0.2) is 4.79 Å². The fraction of sp³-hybridized carbons (Fsp3) is 0.478. The van der Waals surface area contributed by atoms with Crippen molar-refractivity contribution in [3.05, 3.63) is 40.6 Å². The van der Waals surface area contributed by atoms with Crippen LogP contribution in [0.15, 0.2) is 35.1 Å². The number of nitrogens with zero attached hydrogens (tertiary/aromatic N) is 2. The second-order valence-corrected chi connectivity index (χ2v) is 9.83. The van der Waals surface area contributed by atoms with Crippen LogP contribution >= 0.6 is 15.9 Å². The molecule has 2 aromatic rings. The predicted molar refractivity (Wildman–Crippen MR) is 119 cm³/mol. The van der Waals surface area contributed by atoms with Crippen molar-refractivity contribution in [2.45, 2.75) is 66.2 Å². The minimum absolute atomic E-state index is 0.171. The summed E-state index contributed by atoms with van der Waals surface area (Å²) in [6.45, 7) is 12.1. The van der Waals surface area contributed by atoms with Gasteiger partial charge in [-0.15, -0.1) is 5.06 Å². The van der Waals surface area contributed by atoms with Crippen LogP contribution in [-0.4, -0.2) is 27.8 Å². The highest BCUT2D eigenvalue weighted by molar-refractivity contribution is 9.10. The van der Waals surface area contributed by atoms with Crippen LogP contribution in [0.25, 0.3) is 11.1 Å². The largest absolute Gasteiger partial charge is 0.488 e. The smallest absolute Gasteiger partial charge is 0.443 e. The molecule has 0 saturated heterocycles. The molecule has 1 unspecified atom stereocenters. The molecule has 6 nitrogen and oxygen atoms in total. The van der Waals surface area contributed by atoms with Crippen LogP contribution in [0, 0.1) is 5.92 Å². The molecule has 2 heterocycles. The van der Waals surface area contributed by atoms with Crippen molar-refractivity contribution in [2.24, 2.45) is 5.92 Å². The maximum Gasteiger partial charge on any atom is 0.443 e. The summed E-state index contributed by atoms with van der Waals surface area (Å²) in [6.07, 6.45) is 3.84. The Balaban J connectivity index is 1.92. The monoisotopic (exact) mass is 476 g/mol. The van der Waals surface area contributed by atoms with Crippen LogP contribution in [-0.2, 0) is 11.3 Å². The number of rotatable bonds is 5. The van der Waals surface area contributed by atoms with Crippen LogP contribution in [0.4, 0.5) is 4.79 Å². The zero-order chi connectivity index (χ0) is 22.1. The molecular formula is C23H29BrN2O4. The number of hydrogen-bond acceptors (Lipinski definition) is 5. The first-order chi connectivity index (χ1) is 14.0.